The largest absolute Gasteiger partial charge is 0.416 e. The molecule has 0 bridgehead atoms. The quantitative estimate of drug-likeness (QED) is 0.793. The Morgan fingerprint density at radius 1 is 0.957 bits per heavy atom. The van der Waals surface area contributed by atoms with Gasteiger partial charge in [-0.05, 0) is 18.2 Å². The molecule has 11 heteroatoms. The molecule has 130 valence electrons. The molecule has 1 aromatic rings. The Bertz CT molecular complexity index is 783. The molecule has 0 aromatic heterocycles. The molecule has 1 fully saturated rings. The minimum absolute atomic E-state index is 0.0307. The van der Waals surface area contributed by atoms with E-state index in [0.717, 1.165) is 33.1 Å². The summed E-state index contributed by atoms with van der Waals surface area (Å²) in [5.74, 6) is 0. The molecule has 0 atom stereocenters. The molecule has 1 aromatic carbocycles. The van der Waals surface area contributed by atoms with Crippen molar-refractivity contribution in [2.24, 2.45) is 0 Å². The van der Waals surface area contributed by atoms with Crippen LogP contribution in [0.2, 0.25) is 0 Å². The smallest absolute Gasteiger partial charge is 0.213 e. The van der Waals surface area contributed by atoms with E-state index in [0.29, 0.717) is 6.07 Å². The number of alkyl halides is 3. The van der Waals surface area contributed by atoms with Crippen LogP contribution in [0.4, 0.5) is 13.2 Å². The van der Waals surface area contributed by atoms with Gasteiger partial charge in [0.25, 0.3) is 0 Å². The van der Waals surface area contributed by atoms with Crippen LogP contribution in [0.15, 0.2) is 29.2 Å². The van der Waals surface area contributed by atoms with E-state index in [1.54, 1.807) is 0 Å². The highest BCUT2D eigenvalue weighted by atomic mass is 32.2. The molecule has 0 saturated carbocycles. The SMILES string of the molecule is CS(=O)(=O)N1CCN(S(=O)(=O)c2cccc(C(F)(F)F)c2)CC1. The molecule has 2 rings (SSSR count). The summed E-state index contributed by atoms with van der Waals surface area (Å²) in [7, 11) is -7.52. The maximum atomic E-state index is 12.7. The highest BCUT2D eigenvalue weighted by Gasteiger charge is 2.34. The lowest BCUT2D eigenvalue weighted by Crippen LogP contribution is -2.50. The molecule has 1 saturated heterocycles. The van der Waals surface area contributed by atoms with Gasteiger partial charge in [0.15, 0.2) is 0 Å². The molecule has 1 aliphatic rings. The molecule has 1 aliphatic heterocycles. The molecule has 0 N–H and O–H groups in total. The Morgan fingerprint density at radius 3 is 1.96 bits per heavy atom. The summed E-state index contributed by atoms with van der Waals surface area (Å²) >= 11 is 0. The summed E-state index contributed by atoms with van der Waals surface area (Å²) in [6.07, 6.45) is -3.62. The monoisotopic (exact) mass is 372 g/mol. The van der Waals surface area contributed by atoms with E-state index in [4.69, 9.17) is 0 Å². The Kier molecular flexibility index (Phi) is 4.77. The average Bonchev–Trinajstić information content (AvgIpc) is 2.46. The first kappa shape index (κ1) is 18.2. The number of sulfonamides is 2. The predicted octanol–water partition coefficient (Wildman–Crippen LogP) is 0.971. The standard InChI is InChI=1S/C12H15F3N2O4S2/c1-22(18,19)16-5-7-17(8-6-16)23(20,21)11-4-2-3-10(9-11)12(13,14)15/h2-4,9H,5-8H2,1H3. The maximum Gasteiger partial charge on any atom is 0.416 e. The van der Waals surface area contributed by atoms with E-state index < -0.39 is 36.7 Å². The van der Waals surface area contributed by atoms with Crippen molar-refractivity contribution in [3.05, 3.63) is 29.8 Å². The molecular formula is C12H15F3N2O4S2. The van der Waals surface area contributed by atoms with Crippen LogP contribution in [0.1, 0.15) is 5.56 Å². The Hall–Kier alpha value is -1.17. The molecule has 0 unspecified atom stereocenters. The first-order chi connectivity index (χ1) is 10.4. The highest BCUT2D eigenvalue weighted by molar-refractivity contribution is 7.89. The lowest BCUT2D eigenvalue weighted by atomic mass is 10.2. The zero-order valence-electron chi connectivity index (χ0n) is 12.1. The lowest BCUT2D eigenvalue weighted by Gasteiger charge is -2.32. The van der Waals surface area contributed by atoms with Gasteiger partial charge in [0, 0.05) is 26.2 Å². The zero-order chi connectivity index (χ0) is 17.5. The Balaban J connectivity index is 2.24. The minimum Gasteiger partial charge on any atom is -0.213 e. The van der Waals surface area contributed by atoms with Crippen LogP contribution in [0.25, 0.3) is 0 Å². The van der Waals surface area contributed by atoms with Gasteiger partial charge in [-0.15, -0.1) is 0 Å². The molecule has 0 spiro atoms. The van der Waals surface area contributed by atoms with Gasteiger partial charge in [0.2, 0.25) is 20.0 Å². The van der Waals surface area contributed by atoms with Crippen molar-refractivity contribution < 1.29 is 30.0 Å². The number of hydrogen-bond acceptors (Lipinski definition) is 4. The van der Waals surface area contributed by atoms with E-state index in [1.165, 1.54) is 0 Å². The highest BCUT2D eigenvalue weighted by Crippen LogP contribution is 2.31. The normalized spacial score (nSPS) is 19.0. The van der Waals surface area contributed by atoms with Gasteiger partial charge in [-0.1, -0.05) is 6.07 Å². The van der Waals surface area contributed by atoms with Gasteiger partial charge in [-0.3, -0.25) is 0 Å². The van der Waals surface area contributed by atoms with E-state index in [-0.39, 0.29) is 26.2 Å². The second-order valence-corrected chi connectivity index (χ2v) is 9.01. The van der Waals surface area contributed by atoms with Gasteiger partial charge in [0.05, 0.1) is 16.7 Å². The van der Waals surface area contributed by atoms with Gasteiger partial charge >= 0.3 is 6.18 Å². The van der Waals surface area contributed by atoms with Crippen molar-refractivity contribution in [3.8, 4) is 0 Å². The van der Waals surface area contributed by atoms with Gasteiger partial charge < -0.3 is 0 Å². The van der Waals surface area contributed by atoms with Crippen LogP contribution < -0.4 is 0 Å². The summed E-state index contributed by atoms with van der Waals surface area (Å²) in [6.45, 7) is -0.272. The number of halogens is 3. The van der Waals surface area contributed by atoms with Crippen LogP contribution in [-0.4, -0.2) is 57.9 Å². The maximum absolute atomic E-state index is 12.7. The fourth-order valence-electron chi connectivity index (χ4n) is 2.22. The van der Waals surface area contributed by atoms with Gasteiger partial charge in [-0.2, -0.15) is 21.8 Å². The molecule has 1 heterocycles. The van der Waals surface area contributed by atoms with Crippen LogP contribution in [-0.2, 0) is 26.2 Å². The average molecular weight is 372 g/mol. The number of rotatable bonds is 3. The summed E-state index contributed by atoms with van der Waals surface area (Å²) < 4.78 is 87.8. The van der Waals surface area contributed by atoms with E-state index in [1.807, 2.05) is 0 Å². The van der Waals surface area contributed by atoms with Crippen molar-refractivity contribution >= 4 is 20.0 Å². The zero-order valence-corrected chi connectivity index (χ0v) is 13.7. The number of nitrogens with zero attached hydrogens (tertiary/aromatic N) is 2. The molecule has 0 radical (unpaired) electrons. The fourth-order valence-corrected chi connectivity index (χ4v) is 4.52. The predicted molar refractivity (Wildman–Crippen MR) is 76.6 cm³/mol. The molecule has 0 aliphatic carbocycles. The van der Waals surface area contributed by atoms with Crippen LogP contribution in [0.5, 0.6) is 0 Å². The molecule has 23 heavy (non-hydrogen) atoms. The van der Waals surface area contributed by atoms with E-state index >= 15 is 0 Å². The topological polar surface area (TPSA) is 74.8 Å². The van der Waals surface area contributed by atoms with Gasteiger partial charge in [0.1, 0.15) is 0 Å². The van der Waals surface area contributed by atoms with Crippen molar-refractivity contribution in [1.82, 2.24) is 8.61 Å². The fraction of sp³-hybridized carbons (Fsp3) is 0.500. The third-order valence-electron chi connectivity index (χ3n) is 3.47. The van der Waals surface area contributed by atoms with Crippen LogP contribution >= 0.6 is 0 Å². The van der Waals surface area contributed by atoms with E-state index in [9.17, 15) is 30.0 Å². The summed E-state index contributed by atoms with van der Waals surface area (Å²) in [5.41, 5.74) is -1.05. The van der Waals surface area contributed by atoms with Crippen molar-refractivity contribution in [1.29, 1.82) is 0 Å². The molecular weight excluding hydrogens is 357 g/mol. The second kappa shape index (κ2) is 6.04. The first-order valence-corrected chi connectivity index (χ1v) is 9.84. The summed E-state index contributed by atoms with van der Waals surface area (Å²) in [4.78, 5) is -0.458. The molecule has 6 nitrogen and oxygen atoms in total. The number of piperazine rings is 1. The second-order valence-electron chi connectivity index (χ2n) is 5.09. The molecule has 0 amide bonds. The third-order valence-corrected chi connectivity index (χ3v) is 6.66. The Labute approximate surface area is 132 Å². The Morgan fingerprint density at radius 2 is 1.48 bits per heavy atom. The summed E-state index contributed by atoms with van der Waals surface area (Å²) in [5, 5.41) is 0. The van der Waals surface area contributed by atoms with Crippen molar-refractivity contribution in [2.75, 3.05) is 32.4 Å². The minimum atomic E-state index is -4.64. The van der Waals surface area contributed by atoms with E-state index in [2.05, 4.69) is 0 Å². The number of benzene rings is 1. The first-order valence-electron chi connectivity index (χ1n) is 6.55. The van der Waals surface area contributed by atoms with Crippen LogP contribution in [0.3, 0.4) is 0 Å². The van der Waals surface area contributed by atoms with Crippen LogP contribution in [0, 0.1) is 0 Å². The lowest BCUT2D eigenvalue weighted by molar-refractivity contribution is -0.137. The van der Waals surface area contributed by atoms with Gasteiger partial charge in [-0.25, -0.2) is 16.8 Å². The third kappa shape index (κ3) is 4.03. The number of hydrogen-bond donors (Lipinski definition) is 0. The summed E-state index contributed by atoms with van der Waals surface area (Å²) in [6, 6.07) is 3.49. The van der Waals surface area contributed by atoms with Crippen molar-refractivity contribution in [3.63, 3.8) is 0 Å². The van der Waals surface area contributed by atoms with Crippen molar-refractivity contribution in [2.45, 2.75) is 11.1 Å².